The van der Waals surface area contributed by atoms with Gasteiger partial charge >= 0.3 is 0 Å². The minimum Gasteiger partial charge on any atom is -0.381 e. The predicted octanol–water partition coefficient (Wildman–Crippen LogP) is 6.01. The number of hydrogen-bond donors (Lipinski definition) is 1. The van der Waals surface area contributed by atoms with Crippen molar-refractivity contribution in [3.8, 4) is 0 Å². The number of aliphatic imine (C=N–C) groups is 1. The molecular weight excluding hydrogens is 391 g/mol. The Morgan fingerprint density at radius 1 is 1.04 bits per heavy atom. The number of ether oxygens (including phenoxy) is 1. The van der Waals surface area contributed by atoms with Gasteiger partial charge in [0.1, 0.15) is 5.84 Å². The summed E-state index contributed by atoms with van der Waals surface area (Å²) in [6, 6.07) is 11.5. The van der Waals surface area contributed by atoms with Crippen molar-refractivity contribution in [2.45, 2.75) is 25.8 Å². The first-order valence-corrected chi connectivity index (χ1v) is 9.82. The highest BCUT2D eigenvalue weighted by molar-refractivity contribution is 6.37. The molecular formula is C20H19Cl3N2O. The van der Waals surface area contributed by atoms with Gasteiger partial charge in [-0.1, -0.05) is 46.9 Å². The van der Waals surface area contributed by atoms with Gasteiger partial charge in [0, 0.05) is 28.7 Å². The highest BCUT2D eigenvalue weighted by Gasteiger charge is 2.42. The van der Waals surface area contributed by atoms with Crippen molar-refractivity contribution in [2.75, 3.05) is 18.5 Å². The number of fused-ring (bicyclic) bond motifs is 1. The molecule has 2 aliphatic rings. The van der Waals surface area contributed by atoms with Crippen LogP contribution in [0.25, 0.3) is 0 Å². The molecule has 0 radical (unpaired) electrons. The molecule has 0 bridgehead atoms. The van der Waals surface area contributed by atoms with Gasteiger partial charge in [0.15, 0.2) is 0 Å². The fourth-order valence-corrected chi connectivity index (χ4v) is 4.42. The van der Waals surface area contributed by atoms with E-state index in [1.807, 2.05) is 36.4 Å². The smallest absolute Gasteiger partial charge is 0.108 e. The Balaban J connectivity index is 1.72. The van der Waals surface area contributed by atoms with Crippen LogP contribution in [0.3, 0.4) is 0 Å². The normalized spacial score (nSPS) is 20.0. The van der Waals surface area contributed by atoms with Gasteiger partial charge in [0.25, 0.3) is 0 Å². The van der Waals surface area contributed by atoms with Crippen LogP contribution in [-0.4, -0.2) is 19.0 Å². The highest BCUT2D eigenvalue weighted by Crippen LogP contribution is 2.46. The summed E-state index contributed by atoms with van der Waals surface area (Å²) >= 11 is 19.0. The lowest BCUT2D eigenvalue weighted by atomic mass is 9.71. The predicted molar refractivity (Wildman–Crippen MR) is 109 cm³/mol. The van der Waals surface area contributed by atoms with Crippen LogP contribution in [0.5, 0.6) is 0 Å². The zero-order valence-corrected chi connectivity index (χ0v) is 16.5. The Labute approximate surface area is 168 Å². The molecule has 2 aromatic rings. The molecule has 2 aromatic carbocycles. The lowest BCUT2D eigenvalue weighted by molar-refractivity contribution is 0.0449. The zero-order chi connectivity index (χ0) is 18.1. The standard InChI is InChI=1S/C20H19Cl3N2O/c21-14-3-1-2-13(10-14)12-24-19-20(6-8-26-9-7-20)11-15-16(22)4-5-17(23)18(15)25-19/h1-5,10H,6-9,11-12H2,(H,24,25). The van der Waals surface area contributed by atoms with E-state index in [4.69, 9.17) is 44.5 Å². The average Bonchev–Trinajstić information content (AvgIpc) is 2.64. The van der Waals surface area contributed by atoms with E-state index >= 15 is 0 Å². The maximum atomic E-state index is 6.47. The van der Waals surface area contributed by atoms with Gasteiger partial charge in [-0.2, -0.15) is 0 Å². The van der Waals surface area contributed by atoms with E-state index in [-0.39, 0.29) is 5.41 Å². The quantitative estimate of drug-likeness (QED) is 0.659. The van der Waals surface area contributed by atoms with E-state index in [2.05, 4.69) is 5.32 Å². The van der Waals surface area contributed by atoms with Crippen LogP contribution < -0.4 is 5.32 Å². The Morgan fingerprint density at radius 3 is 2.58 bits per heavy atom. The Morgan fingerprint density at radius 2 is 1.81 bits per heavy atom. The third-order valence-corrected chi connectivity index (χ3v) is 6.13. The fraction of sp³-hybridized carbons (Fsp3) is 0.350. The minimum atomic E-state index is -0.0852. The minimum absolute atomic E-state index is 0.0852. The largest absolute Gasteiger partial charge is 0.381 e. The lowest BCUT2D eigenvalue weighted by Crippen LogP contribution is -2.46. The molecule has 4 rings (SSSR count). The molecule has 2 heterocycles. The number of amidine groups is 1. The molecule has 0 atom stereocenters. The van der Waals surface area contributed by atoms with E-state index in [1.165, 1.54) is 0 Å². The summed E-state index contributed by atoms with van der Waals surface area (Å²) in [4.78, 5) is 4.93. The molecule has 136 valence electrons. The average molecular weight is 410 g/mol. The van der Waals surface area contributed by atoms with Gasteiger partial charge in [-0.05, 0) is 54.7 Å². The number of hydrogen-bond acceptors (Lipinski definition) is 2. The second-order valence-corrected chi connectivity index (χ2v) is 8.12. The molecule has 0 unspecified atom stereocenters. The second-order valence-electron chi connectivity index (χ2n) is 6.87. The molecule has 1 spiro atoms. The summed E-state index contributed by atoms with van der Waals surface area (Å²) in [7, 11) is 0. The van der Waals surface area contributed by atoms with Gasteiger partial charge < -0.3 is 10.1 Å². The molecule has 0 saturated carbocycles. The first-order valence-electron chi connectivity index (χ1n) is 8.68. The number of nitrogens with one attached hydrogen (secondary N) is 1. The first-order chi connectivity index (χ1) is 12.6. The van der Waals surface area contributed by atoms with Crippen LogP contribution in [-0.2, 0) is 17.7 Å². The maximum absolute atomic E-state index is 6.47. The number of rotatable bonds is 2. The Kier molecular flexibility index (Phi) is 5.15. The van der Waals surface area contributed by atoms with Crippen molar-refractivity contribution in [1.82, 2.24) is 0 Å². The summed E-state index contributed by atoms with van der Waals surface area (Å²) in [6.07, 6.45) is 2.65. The summed E-state index contributed by atoms with van der Waals surface area (Å²) in [5, 5.41) is 5.63. The Hall–Kier alpha value is -1.26. The van der Waals surface area contributed by atoms with Crippen LogP contribution in [0.4, 0.5) is 5.69 Å². The van der Waals surface area contributed by atoms with Crippen molar-refractivity contribution >= 4 is 46.3 Å². The van der Waals surface area contributed by atoms with Gasteiger partial charge in [0.2, 0.25) is 0 Å². The van der Waals surface area contributed by atoms with Gasteiger partial charge in [-0.15, -0.1) is 0 Å². The topological polar surface area (TPSA) is 33.6 Å². The van der Waals surface area contributed by atoms with Gasteiger partial charge in [-0.25, -0.2) is 0 Å². The molecule has 0 amide bonds. The van der Waals surface area contributed by atoms with E-state index in [0.717, 1.165) is 65.2 Å². The Bertz CT molecular complexity index is 860. The molecule has 0 aromatic heterocycles. The van der Waals surface area contributed by atoms with Crippen molar-refractivity contribution < 1.29 is 4.74 Å². The van der Waals surface area contributed by atoms with Gasteiger partial charge in [0.05, 0.1) is 17.3 Å². The molecule has 1 N–H and O–H groups in total. The molecule has 1 saturated heterocycles. The van der Waals surface area contributed by atoms with Crippen LogP contribution in [0, 0.1) is 5.41 Å². The van der Waals surface area contributed by atoms with Crippen molar-refractivity contribution in [3.05, 3.63) is 62.6 Å². The molecule has 0 aliphatic carbocycles. The molecule has 1 fully saturated rings. The highest BCUT2D eigenvalue weighted by atomic mass is 35.5. The van der Waals surface area contributed by atoms with Gasteiger partial charge in [-0.3, -0.25) is 4.99 Å². The van der Waals surface area contributed by atoms with E-state index in [9.17, 15) is 0 Å². The summed E-state index contributed by atoms with van der Waals surface area (Å²) in [5.74, 6) is 0.970. The number of anilines is 1. The number of halogens is 3. The molecule has 6 heteroatoms. The van der Waals surface area contributed by atoms with Crippen molar-refractivity contribution in [3.63, 3.8) is 0 Å². The molecule has 2 aliphatic heterocycles. The van der Waals surface area contributed by atoms with Crippen LogP contribution in [0.2, 0.25) is 15.1 Å². The number of benzene rings is 2. The molecule has 3 nitrogen and oxygen atoms in total. The first kappa shape index (κ1) is 18.1. The summed E-state index contributed by atoms with van der Waals surface area (Å²) in [6.45, 7) is 2.02. The molecule has 26 heavy (non-hydrogen) atoms. The third kappa shape index (κ3) is 3.46. The summed E-state index contributed by atoms with van der Waals surface area (Å²) in [5.41, 5.74) is 2.94. The maximum Gasteiger partial charge on any atom is 0.108 e. The second kappa shape index (κ2) is 7.40. The van der Waals surface area contributed by atoms with Crippen LogP contribution >= 0.6 is 34.8 Å². The van der Waals surface area contributed by atoms with Crippen molar-refractivity contribution in [2.24, 2.45) is 10.4 Å². The van der Waals surface area contributed by atoms with Crippen molar-refractivity contribution in [1.29, 1.82) is 0 Å². The third-order valence-electron chi connectivity index (χ3n) is 5.22. The van der Waals surface area contributed by atoms with Crippen LogP contribution in [0.15, 0.2) is 41.4 Å². The SMILES string of the molecule is Clc1cccc(CN=C2Nc3c(Cl)ccc(Cl)c3CC23CCOCC3)c1. The van der Waals surface area contributed by atoms with E-state index in [1.54, 1.807) is 0 Å². The monoisotopic (exact) mass is 408 g/mol. The summed E-state index contributed by atoms with van der Waals surface area (Å²) < 4.78 is 5.61. The fourth-order valence-electron chi connectivity index (χ4n) is 3.76. The lowest BCUT2D eigenvalue weighted by Gasteiger charge is -2.43. The van der Waals surface area contributed by atoms with E-state index < -0.39 is 0 Å². The van der Waals surface area contributed by atoms with Crippen LogP contribution in [0.1, 0.15) is 24.0 Å². The van der Waals surface area contributed by atoms with E-state index in [0.29, 0.717) is 11.6 Å². The zero-order valence-electron chi connectivity index (χ0n) is 14.2. The number of nitrogens with zero attached hydrogens (tertiary/aromatic N) is 1.